The van der Waals surface area contributed by atoms with Crippen LogP contribution in [0, 0.1) is 6.92 Å². The Morgan fingerprint density at radius 3 is 2.50 bits per heavy atom. The molecule has 0 fully saturated rings. The van der Waals surface area contributed by atoms with Gasteiger partial charge in [0.25, 0.3) is 0 Å². The van der Waals surface area contributed by atoms with Gasteiger partial charge < -0.3 is 4.57 Å². The second kappa shape index (κ2) is 4.63. The lowest BCUT2D eigenvalue weighted by atomic mass is 10.1. The lowest BCUT2D eigenvalue weighted by molar-refractivity contribution is 0.520. The van der Waals surface area contributed by atoms with E-state index in [1.54, 1.807) is 0 Å². The summed E-state index contributed by atoms with van der Waals surface area (Å²) < 4.78 is 2.30. The van der Waals surface area contributed by atoms with Crippen LogP contribution >= 0.6 is 0 Å². The maximum absolute atomic E-state index is 4.61. The minimum atomic E-state index is 0.519. The van der Waals surface area contributed by atoms with Crippen LogP contribution in [0.15, 0.2) is 6.20 Å². The molecule has 0 saturated heterocycles. The van der Waals surface area contributed by atoms with Crippen molar-refractivity contribution in [2.24, 2.45) is 0 Å². The van der Waals surface area contributed by atoms with E-state index in [1.165, 1.54) is 18.7 Å². The second-order valence-electron chi connectivity index (χ2n) is 4.43. The van der Waals surface area contributed by atoms with Crippen LogP contribution in [0.1, 0.15) is 64.0 Å². The predicted octanol–water partition coefficient (Wildman–Crippen LogP) is 3.68. The summed E-state index contributed by atoms with van der Waals surface area (Å²) in [5.74, 6) is 1.83. The van der Waals surface area contributed by atoms with Gasteiger partial charge in [-0.2, -0.15) is 0 Å². The van der Waals surface area contributed by atoms with Gasteiger partial charge in [-0.15, -0.1) is 0 Å². The van der Waals surface area contributed by atoms with E-state index in [4.69, 9.17) is 0 Å². The number of aromatic nitrogens is 2. The van der Waals surface area contributed by atoms with Crippen LogP contribution in [0.3, 0.4) is 0 Å². The molecule has 0 aliphatic heterocycles. The molecule has 1 aromatic heterocycles. The number of aryl methyl sites for hydroxylation is 1. The van der Waals surface area contributed by atoms with Crippen molar-refractivity contribution >= 4 is 0 Å². The first-order valence-corrected chi connectivity index (χ1v) is 5.61. The van der Waals surface area contributed by atoms with Crippen molar-refractivity contribution in [2.45, 2.75) is 59.4 Å². The third-order valence-electron chi connectivity index (χ3n) is 2.60. The molecule has 1 heterocycles. The Labute approximate surface area is 87.4 Å². The number of nitrogens with zero attached hydrogens (tertiary/aromatic N) is 2. The van der Waals surface area contributed by atoms with Crippen LogP contribution in [-0.2, 0) is 0 Å². The normalized spacial score (nSPS) is 13.6. The van der Waals surface area contributed by atoms with Gasteiger partial charge in [0.2, 0.25) is 0 Å². The standard InChI is InChI=1S/C12H22N2/c1-6-7-10(4)12-13-11(5)8-14(12)9(2)3/h8-10H,6-7H2,1-5H3. The molecule has 0 radical (unpaired) electrons. The second-order valence-corrected chi connectivity index (χ2v) is 4.43. The molecule has 0 N–H and O–H groups in total. The van der Waals surface area contributed by atoms with Crippen molar-refractivity contribution in [3.05, 3.63) is 17.7 Å². The van der Waals surface area contributed by atoms with Crippen molar-refractivity contribution in [2.75, 3.05) is 0 Å². The third kappa shape index (κ3) is 2.37. The Morgan fingerprint density at radius 2 is 2.00 bits per heavy atom. The van der Waals surface area contributed by atoms with E-state index < -0.39 is 0 Å². The lowest BCUT2D eigenvalue weighted by Crippen LogP contribution is -2.08. The summed E-state index contributed by atoms with van der Waals surface area (Å²) in [6.45, 7) is 11.0. The van der Waals surface area contributed by atoms with Crippen molar-refractivity contribution in [3.8, 4) is 0 Å². The molecular formula is C12H22N2. The van der Waals surface area contributed by atoms with Crippen LogP contribution < -0.4 is 0 Å². The van der Waals surface area contributed by atoms with Gasteiger partial charge in [0.05, 0.1) is 5.69 Å². The Morgan fingerprint density at radius 1 is 1.36 bits per heavy atom. The molecule has 80 valence electrons. The first-order valence-electron chi connectivity index (χ1n) is 5.61. The maximum Gasteiger partial charge on any atom is 0.112 e. The summed E-state index contributed by atoms with van der Waals surface area (Å²) >= 11 is 0. The molecule has 0 aliphatic carbocycles. The molecule has 0 amide bonds. The fourth-order valence-electron chi connectivity index (χ4n) is 1.88. The molecule has 1 unspecified atom stereocenters. The van der Waals surface area contributed by atoms with Crippen molar-refractivity contribution in [1.82, 2.24) is 9.55 Å². The van der Waals surface area contributed by atoms with Crippen molar-refractivity contribution < 1.29 is 0 Å². The van der Waals surface area contributed by atoms with E-state index in [1.807, 2.05) is 0 Å². The molecule has 14 heavy (non-hydrogen) atoms. The van der Waals surface area contributed by atoms with E-state index in [9.17, 15) is 0 Å². The fraction of sp³-hybridized carbons (Fsp3) is 0.750. The Kier molecular flexibility index (Phi) is 3.73. The van der Waals surface area contributed by atoms with E-state index in [0.717, 1.165) is 5.69 Å². The third-order valence-corrected chi connectivity index (χ3v) is 2.60. The van der Waals surface area contributed by atoms with Crippen LogP contribution in [0.5, 0.6) is 0 Å². The minimum Gasteiger partial charge on any atom is -0.332 e. The summed E-state index contributed by atoms with van der Waals surface area (Å²) in [6.07, 6.45) is 4.61. The summed E-state index contributed by atoms with van der Waals surface area (Å²) in [5.41, 5.74) is 1.14. The van der Waals surface area contributed by atoms with Crippen LogP contribution in [-0.4, -0.2) is 9.55 Å². The smallest absolute Gasteiger partial charge is 0.112 e. The Balaban J connectivity index is 2.94. The lowest BCUT2D eigenvalue weighted by Gasteiger charge is -2.15. The van der Waals surface area contributed by atoms with Gasteiger partial charge in [0, 0.05) is 18.2 Å². The zero-order chi connectivity index (χ0) is 10.7. The molecular weight excluding hydrogens is 172 g/mol. The van der Waals surface area contributed by atoms with E-state index in [2.05, 4.69) is 50.4 Å². The number of hydrogen-bond donors (Lipinski definition) is 0. The molecule has 0 saturated carbocycles. The van der Waals surface area contributed by atoms with E-state index in [0.29, 0.717) is 12.0 Å². The number of hydrogen-bond acceptors (Lipinski definition) is 1. The van der Waals surface area contributed by atoms with E-state index in [-0.39, 0.29) is 0 Å². The van der Waals surface area contributed by atoms with Crippen LogP contribution in [0.4, 0.5) is 0 Å². The predicted molar refractivity (Wildman–Crippen MR) is 60.7 cm³/mol. The van der Waals surface area contributed by atoms with Gasteiger partial charge in [-0.3, -0.25) is 0 Å². The van der Waals surface area contributed by atoms with Gasteiger partial charge >= 0.3 is 0 Å². The molecule has 0 aliphatic rings. The monoisotopic (exact) mass is 194 g/mol. The first-order chi connectivity index (χ1) is 6.56. The topological polar surface area (TPSA) is 17.8 Å². The van der Waals surface area contributed by atoms with Gasteiger partial charge in [-0.05, 0) is 27.2 Å². The highest BCUT2D eigenvalue weighted by Gasteiger charge is 2.14. The molecule has 0 spiro atoms. The van der Waals surface area contributed by atoms with Crippen molar-refractivity contribution in [3.63, 3.8) is 0 Å². The van der Waals surface area contributed by atoms with Crippen LogP contribution in [0.2, 0.25) is 0 Å². The zero-order valence-corrected chi connectivity index (χ0v) is 10.0. The Hall–Kier alpha value is -0.790. The highest BCUT2D eigenvalue weighted by atomic mass is 15.1. The summed E-state index contributed by atoms with van der Waals surface area (Å²) in [4.78, 5) is 4.61. The molecule has 1 aromatic rings. The highest BCUT2D eigenvalue weighted by Crippen LogP contribution is 2.22. The van der Waals surface area contributed by atoms with Gasteiger partial charge in [-0.1, -0.05) is 20.3 Å². The number of imidazole rings is 1. The molecule has 0 aromatic carbocycles. The van der Waals surface area contributed by atoms with Crippen molar-refractivity contribution in [1.29, 1.82) is 0 Å². The first kappa shape index (κ1) is 11.3. The fourth-order valence-corrected chi connectivity index (χ4v) is 1.88. The quantitative estimate of drug-likeness (QED) is 0.715. The molecule has 0 bridgehead atoms. The summed E-state index contributed by atoms with van der Waals surface area (Å²) in [7, 11) is 0. The largest absolute Gasteiger partial charge is 0.332 e. The van der Waals surface area contributed by atoms with Gasteiger partial charge in [0.15, 0.2) is 0 Å². The SMILES string of the molecule is CCCC(C)c1nc(C)cn1C(C)C. The average molecular weight is 194 g/mol. The van der Waals surface area contributed by atoms with Gasteiger partial charge in [-0.25, -0.2) is 4.98 Å². The molecule has 2 heteroatoms. The average Bonchev–Trinajstić information content (AvgIpc) is 2.48. The summed E-state index contributed by atoms with van der Waals surface area (Å²) in [5, 5.41) is 0. The molecule has 1 atom stereocenters. The molecule has 2 nitrogen and oxygen atoms in total. The maximum atomic E-state index is 4.61. The summed E-state index contributed by atoms with van der Waals surface area (Å²) in [6, 6.07) is 0.519. The highest BCUT2D eigenvalue weighted by molar-refractivity contribution is 5.07. The van der Waals surface area contributed by atoms with Crippen LogP contribution in [0.25, 0.3) is 0 Å². The van der Waals surface area contributed by atoms with Gasteiger partial charge in [0.1, 0.15) is 5.82 Å². The number of rotatable bonds is 4. The molecule has 1 rings (SSSR count). The van der Waals surface area contributed by atoms with E-state index >= 15 is 0 Å². The Bertz CT molecular complexity index is 287. The minimum absolute atomic E-state index is 0.519. The zero-order valence-electron chi connectivity index (χ0n) is 10.0.